The molecule has 5 aromatic rings. The lowest BCUT2D eigenvalue weighted by Gasteiger charge is -2.16. The molecule has 0 saturated carbocycles. The van der Waals surface area contributed by atoms with Crippen LogP contribution in [0.15, 0.2) is 85.2 Å². The van der Waals surface area contributed by atoms with Gasteiger partial charge in [0.2, 0.25) is 5.91 Å². The highest BCUT2D eigenvalue weighted by atomic mass is 35.5. The Hall–Kier alpha value is -4.60. The first kappa shape index (κ1) is 28.4. The number of hydrogen-bond acceptors (Lipinski definition) is 5. The van der Waals surface area contributed by atoms with Crippen molar-refractivity contribution in [1.29, 1.82) is 0 Å². The fraction of sp³-hybridized carbons (Fsp3) is 0.133. The standard InChI is InChI=1S/C30H27FN6O2.ClH/c1-17(32)29(38)36-25-12-22(11-23(13-25)30(39)35-18(2)19-7-9-24(31)10-8-19)27-16-34-28(37-27)26-14-20-5-3-4-6-21(20)15-33-26;/h3-18H,32H2,1-2H3,(H,34,37)(H,35,39)(H,36,38);1H/t17-,18-;/m1./s1. The first-order valence-corrected chi connectivity index (χ1v) is 12.5. The Kier molecular flexibility index (Phi) is 8.57. The molecule has 10 heteroatoms. The number of pyridine rings is 1. The zero-order valence-corrected chi connectivity index (χ0v) is 22.6. The van der Waals surface area contributed by atoms with Crippen LogP contribution >= 0.6 is 12.4 Å². The molecule has 0 saturated heterocycles. The zero-order chi connectivity index (χ0) is 27.5. The molecule has 0 aliphatic rings. The van der Waals surface area contributed by atoms with Gasteiger partial charge in [0, 0.05) is 28.4 Å². The van der Waals surface area contributed by atoms with Crippen molar-refractivity contribution in [2.45, 2.75) is 25.9 Å². The molecule has 0 radical (unpaired) electrons. The summed E-state index contributed by atoms with van der Waals surface area (Å²) in [7, 11) is 0. The molecule has 204 valence electrons. The molecule has 0 spiro atoms. The van der Waals surface area contributed by atoms with E-state index < -0.39 is 6.04 Å². The van der Waals surface area contributed by atoms with E-state index in [0.717, 1.165) is 16.3 Å². The van der Waals surface area contributed by atoms with Crippen LogP contribution in [-0.4, -0.2) is 32.8 Å². The maximum atomic E-state index is 13.3. The third kappa shape index (κ3) is 6.33. The lowest BCUT2D eigenvalue weighted by molar-refractivity contribution is -0.117. The van der Waals surface area contributed by atoms with E-state index in [1.165, 1.54) is 12.1 Å². The fourth-order valence-corrected chi connectivity index (χ4v) is 4.17. The molecule has 2 atom stereocenters. The number of anilines is 1. The van der Waals surface area contributed by atoms with E-state index in [0.29, 0.717) is 34.0 Å². The second kappa shape index (κ2) is 12.1. The molecule has 3 aromatic carbocycles. The first-order valence-electron chi connectivity index (χ1n) is 12.5. The predicted molar refractivity (Wildman–Crippen MR) is 157 cm³/mol. The number of aromatic nitrogens is 3. The topological polar surface area (TPSA) is 126 Å². The Balaban J connectivity index is 0.00000370. The molecule has 8 nitrogen and oxygen atoms in total. The molecular formula is C30H28ClFN6O2. The smallest absolute Gasteiger partial charge is 0.251 e. The Morgan fingerprint density at radius 2 is 1.65 bits per heavy atom. The van der Waals surface area contributed by atoms with Gasteiger partial charge < -0.3 is 21.4 Å². The highest BCUT2D eigenvalue weighted by Crippen LogP contribution is 2.27. The summed E-state index contributed by atoms with van der Waals surface area (Å²) in [5.41, 5.74) is 9.17. The van der Waals surface area contributed by atoms with Gasteiger partial charge in [0.05, 0.1) is 24.0 Å². The van der Waals surface area contributed by atoms with Crippen LogP contribution in [0.5, 0.6) is 0 Å². The predicted octanol–water partition coefficient (Wildman–Crippen LogP) is 5.63. The summed E-state index contributed by atoms with van der Waals surface area (Å²) in [5.74, 6) is -0.529. The van der Waals surface area contributed by atoms with E-state index in [1.807, 2.05) is 37.3 Å². The third-order valence-corrected chi connectivity index (χ3v) is 6.35. The molecule has 5 rings (SSSR count). The summed E-state index contributed by atoms with van der Waals surface area (Å²) < 4.78 is 13.3. The van der Waals surface area contributed by atoms with Gasteiger partial charge in [-0.15, -0.1) is 12.4 Å². The second-order valence-corrected chi connectivity index (χ2v) is 9.39. The van der Waals surface area contributed by atoms with Crippen molar-refractivity contribution in [3.05, 3.63) is 102 Å². The number of benzene rings is 3. The van der Waals surface area contributed by atoms with Gasteiger partial charge in [-0.2, -0.15) is 0 Å². The number of nitrogens with two attached hydrogens (primary N) is 1. The molecular weight excluding hydrogens is 531 g/mol. The van der Waals surface area contributed by atoms with Crippen LogP contribution in [0.3, 0.4) is 0 Å². The molecule has 0 fully saturated rings. The van der Waals surface area contributed by atoms with Crippen molar-refractivity contribution >= 4 is 40.7 Å². The number of carbonyl (C=O) groups is 2. The van der Waals surface area contributed by atoms with Gasteiger partial charge >= 0.3 is 0 Å². The number of nitrogens with one attached hydrogen (secondary N) is 3. The number of H-pyrrole nitrogens is 1. The molecule has 0 bridgehead atoms. The Morgan fingerprint density at radius 1 is 0.925 bits per heavy atom. The second-order valence-electron chi connectivity index (χ2n) is 9.39. The monoisotopic (exact) mass is 558 g/mol. The Morgan fingerprint density at radius 3 is 2.38 bits per heavy atom. The number of rotatable bonds is 7. The van der Waals surface area contributed by atoms with Crippen LogP contribution < -0.4 is 16.4 Å². The molecule has 0 unspecified atom stereocenters. The summed E-state index contributed by atoms with van der Waals surface area (Å²) in [4.78, 5) is 37.9. The maximum Gasteiger partial charge on any atom is 0.251 e. The van der Waals surface area contributed by atoms with Gasteiger partial charge in [0.15, 0.2) is 5.82 Å². The van der Waals surface area contributed by atoms with E-state index in [-0.39, 0.29) is 36.1 Å². The van der Waals surface area contributed by atoms with E-state index in [9.17, 15) is 14.0 Å². The molecule has 5 N–H and O–H groups in total. The van der Waals surface area contributed by atoms with Crippen LogP contribution in [0.1, 0.15) is 35.8 Å². The summed E-state index contributed by atoms with van der Waals surface area (Å²) in [6.45, 7) is 3.39. The van der Waals surface area contributed by atoms with Gasteiger partial charge in [0.1, 0.15) is 11.5 Å². The number of nitrogens with zero attached hydrogens (tertiary/aromatic N) is 2. The highest BCUT2D eigenvalue weighted by molar-refractivity contribution is 6.00. The van der Waals surface area contributed by atoms with Crippen molar-refractivity contribution in [3.8, 4) is 22.8 Å². The van der Waals surface area contributed by atoms with Crippen LogP contribution in [-0.2, 0) is 4.79 Å². The lowest BCUT2D eigenvalue weighted by Crippen LogP contribution is -2.32. The van der Waals surface area contributed by atoms with Crippen molar-refractivity contribution < 1.29 is 14.0 Å². The number of aromatic amines is 1. The summed E-state index contributed by atoms with van der Waals surface area (Å²) in [5, 5.41) is 7.75. The normalized spacial score (nSPS) is 12.3. The van der Waals surface area contributed by atoms with Gasteiger partial charge in [-0.25, -0.2) is 9.37 Å². The third-order valence-electron chi connectivity index (χ3n) is 6.35. The molecule has 0 aliphatic heterocycles. The highest BCUT2D eigenvalue weighted by Gasteiger charge is 2.17. The maximum absolute atomic E-state index is 13.3. The van der Waals surface area contributed by atoms with Crippen LogP contribution in [0.2, 0.25) is 0 Å². The molecule has 2 aromatic heterocycles. The molecule has 0 aliphatic carbocycles. The summed E-state index contributed by atoms with van der Waals surface area (Å²) >= 11 is 0. The van der Waals surface area contributed by atoms with Crippen LogP contribution in [0, 0.1) is 5.82 Å². The SMILES string of the molecule is C[C@@H](N)C(=O)Nc1cc(C(=O)N[C@H](C)c2ccc(F)cc2)cc(-c2cnc(-c3cc4ccccc4cn3)[nH]2)c1.Cl. The molecule has 40 heavy (non-hydrogen) atoms. The number of amides is 2. The van der Waals surface area contributed by atoms with Crippen LogP contribution in [0.25, 0.3) is 33.5 Å². The minimum absolute atomic E-state index is 0. The van der Waals surface area contributed by atoms with Gasteiger partial charge in [0.25, 0.3) is 5.91 Å². The van der Waals surface area contributed by atoms with E-state index in [2.05, 4.69) is 25.6 Å². The molecule has 2 amide bonds. The van der Waals surface area contributed by atoms with Gasteiger partial charge in [-0.3, -0.25) is 14.6 Å². The number of carbonyl (C=O) groups excluding carboxylic acids is 2. The average molecular weight is 559 g/mol. The Labute approximate surface area is 236 Å². The van der Waals surface area contributed by atoms with Crippen molar-refractivity contribution in [1.82, 2.24) is 20.3 Å². The largest absolute Gasteiger partial charge is 0.346 e. The fourth-order valence-electron chi connectivity index (χ4n) is 4.17. The molecule has 2 heterocycles. The van der Waals surface area contributed by atoms with Gasteiger partial charge in [-0.1, -0.05) is 36.4 Å². The minimum Gasteiger partial charge on any atom is -0.346 e. The summed E-state index contributed by atoms with van der Waals surface area (Å²) in [6.07, 6.45) is 3.45. The number of hydrogen-bond donors (Lipinski definition) is 4. The first-order chi connectivity index (χ1) is 18.8. The van der Waals surface area contributed by atoms with Crippen molar-refractivity contribution in [2.75, 3.05) is 5.32 Å². The number of imidazole rings is 1. The average Bonchev–Trinajstić information content (AvgIpc) is 3.43. The van der Waals surface area contributed by atoms with Crippen LogP contribution in [0.4, 0.5) is 10.1 Å². The van der Waals surface area contributed by atoms with E-state index >= 15 is 0 Å². The van der Waals surface area contributed by atoms with E-state index in [4.69, 9.17) is 5.73 Å². The Bertz CT molecular complexity index is 1670. The van der Waals surface area contributed by atoms with E-state index in [1.54, 1.807) is 49.6 Å². The zero-order valence-electron chi connectivity index (χ0n) is 21.8. The number of halogens is 2. The van der Waals surface area contributed by atoms with Crippen molar-refractivity contribution in [2.24, 2.45) is 5.73 Å². The van der Waals surface area contributed by atoms with Crippen molar-refractivity contribution in [3.63, 3.8) is 0 Å². The quantitative estimate of drug-likeness (QED) is 0.206. The van der Waals surface area contributed by atoms with Gasteiger partial charge in [-0.05, 0) is 61.2 Å². The number of fused-ring (bicyclic) bond motifs is 1. The summed E-state index contributed by atoms with van der Waals surface area (Å²) in [6, 6.07) is 19.7. The minimum atomic E-state index is -0.734. The lowest BCUT2D eigenvalue weighted by atomic mass is 10.0.